The maximum Gasteiger partial charge on any atom is 0.167 e. The van der Waals surface area contributed by atoms with Crippen molar-refractivity contribution in [2.24, 2.45) is 10.3 Å². The van der Waals surface area contributed by atoms with Gasteiger partial charge in [-0.1, -0.05) is 50.1 Å². The molecule has 0 aromatic heterocycles. The molecule has 0 amide bonds. The summed E-state index contributed by atoms with van der Waals surface area (Å²) in [5.74, 6) is -3.22. The Bertz CT molecular complexity index is 1620. The lowest BCUT2D eigenvalue weighted by Gasteiger charge is -2.23. The third kappa shape index (κ3) is 3.95. The molecule has 0 aliphatic rings. The second-order valence-electron chi connectivity index (χ2n) is 10.5. The molecule has 4 aromatic carbocycles. The molecule has 210 valence electrons. The molecule has 0 spiro atoms. The van der Waals surface area contributed by atoms with E-state index in [2.05, 4.69) is 10.3 Å². The quantitative estimate of drug-likeness (QED) is 0.0611. The highest BCUT2D eigenvalue weighted by Gasteiger charge is 2.29. The maximum atomic E-state index is 11.7. The predicted octanol–water partition coefficient (Wildman–Crippen LogP) is 6.37. The second kappa shape index (κ2) is 10.0. The summed E-state index contributed by atoms with van der Waals surface area (Å²) in [4.78, 5) is 0. The van der Waals surface area contributed by atoms with E-state index >= 15 is 0 Å². The van der Waals surface area contributed by atoms with Gasteiger partial charge in [0.05, 0.1) is 23.6 Å². The third-order valence-corrected chi connectivity index (χ3v) is 7.36. The number of phenols is 6. The van der Waals surface area contributed by atoms with E-state index in [9.17, 15) is 41.1 Å². The zero-order valence-corrected chi connectivity index (χ0v) is 22.9. The topological polar surface area (TPSA) is 187 Å². The van der Waals surface area contributed by atoms with E-state index in [-0.39, 0.29) is 56.4 Å². The Balaban J connectivity index is 2.29. The molecular formula is C30H32N2O8. The Hall–Kier alpha value is -4.86. The smallest absolute Gasteiger partial charge is 0.167 e. The van der Waals surface area contributed by atoms with Gasteiger partial charge in [0.2, 0.25) is 0 Å². The Morgan fingerprint density at radius 2 is 0.875 bits per heavy atom. The molecule has 0 aliphatic carbocycles. The Morgan fingerprint density at radius 3 is 1.15 bits per heavy atom. The minimum Gasteiger partial charge on any atom is -0.507 e. The maximum absolute atomic E-state index is 11.7. The number of hydrogen-bond acceptors (Lipinski definition) is 10. The predicted molar refractivity (Wildman–Crippen MR) is 153 cm³/mol. The van der Waals surface area contributed by atoms with Crippen LogP contribution < -0.4 is 0 Å². The molecule has 0 bridgehead atoms. The van der Waals surface area contributed by atoms with Crippen molar-refractivity contribution in [2.45, 2.75) is 53.4 Å². The van der Waals surface area contributed by atoms with Crippen molar-refractivity contribution in [3.8, 4) is 45.6 Å². The van der Waals surface area contributed by atoms with Gasteiger partial charge in [-0.05, 0) is 47.6 Å². The first-order valence-corrected chi connectivity index (χ1v) is 12.6. The summed E-state index contributed by atoms with van der Waals surface area (Å²) in [6.45, 7) is 10.7. The molecule has 4 aromatic rings. The van der Waals surface area contributed by atoms with Crippen LogP contribution in [0.2, 0.25) is 0 Å². The Kier molecular flexibility index (Phi) is 7.06. The molecule has 8 N–H and O–H groups in total. The van der Waals surface area contributed by atoms with Crippen LogP contribution in [0.25, 0.3) is 32.7 Å². The fourth-order valence-electron chi connectivity index (χ4n) is 5.74. The van der Waals surface area contributed by atoms with Crippen molar-refractivity contribution in [2.75, 3.05) is 0 Å². The van der Waals surface area contributed by atoms with Gasteiger partial charge < -0.3 is 41.1 Å². The molecule has 10 heteroatoms. The average molecular weight is 549 g/mol. The van der Waals surface area contributed by atoms with Crippen molar-refractivity contribution in [3.63, 3.8) is 0 Å². The summed E-state index contributed by atoms with van der Waals surface area (Å²) in [6, 6.07) is 3.39. The van der Waals surface area contributed by atoms with E-state index < -0.39 is 23.0 Å². The van der Waals surface area contributed by atoms with Crippen LogP contribution >= 0.6 is 0 Å². The first-order chi connectivity index (χ1) is 18.8. The van der Waals surface area contributed by atoms with Gasteiger partial charge in [-0.2, -0.15) is 0 Å². The van der Waals surface area contributed by atoms with Crippen LogP contribution in [0, 0.1) is 13.8 Å². The molecule has 0 atom stereocenters. The van der Waals surface area contributed by atoms with Crippen LogP contribution in [0.4, 0.5) is 0 Å². The summed E-state index contributed by atoms with van der Waals surface area (Å²) in [6.07, 6.45) is 1.80. The zero-order valence-electron chi connectivity index (χ0n) is 22.9. The largest absolute Gasteiger partial charge is 0.507 e. The minimum atomic E-state index is -0.582. The van der Waals surface area contributed by atoms with E-state index in [1.807, 2.05) is 27.7 Å². The highest BCUT2D eigenvalue weighted by Crippen LogP contribution is 2.54. The molecule has 0 heterocycles. The van der Waals surface area contributed by atoms with Crippen LogP contribution in [-0.2, 0) is 0 Å². The molecule has 4 rings (SSSR count). The fourth-order valence-corrected chi connectivity index (χ4v) is 5.74. The summed E-state index contributed by atoms with van der Waals surface area (Å²) >= 11 is 0. The first kappa shape index (κ1) is 28.2. The molecule has 0 unspecified atom stereocenters. The second-order valence-corrected chi connectivity index (χ2v) is 10.5. The number of benzene rings is 4. The van der Waals surface area contributed by atoms with Gasteiger partial charge in [-0.25, -0.2) is 0 Å². The monoisotopic (exact) mass is 548 g/mol. The van der Waals surface area contributed by atoms with Gasteiger partial charge in [-0.3, -0.25) is 0 Å². The van der Waals surface area contributed by atoms with Gasteiger partial charge in [0.1, 0.15) is 11.5 Å². The van der Waals surface area contributed by atoms with E-state index in [4.69, 9.17) is 0 Å². The van der Waals surface area contributed by atoms with Gasteiger partial charge in [0.15, 0.2) is 23.0 Å². The molecular weight excluding hydrogens is 516 g/mol. The van der Waals surface area contributed by atoms with Gasteiger partial charge >= 0.3 is 0 Å². The van der Waals surface area contributed by atoms with Crippen molar-refractivity contribution >= 4 is 34.0 Å². The molecule has 0 fully saturated rings. The summed E-state index contributed by atoms with van der Waals surface area (Å²) in [5.41, 5.74) is 1.86. The van der Waals surface area contributed by atoms with Crippen LogP contribution in [0.1, 0.15) is 72.9 Å². The number of oxime groups is 2. The Morgan fingerprint density at radius 1 is 0.550 bits per heavy atom. The lowest BCUT2D eigenvalue weighted by atomic mass is 9.83. The van der Waals surface area contributed by atoms with Crippen molar-refractivity contribution < 1.29 is 41.1 Å². The van der Waals surface area contributed by atoms with Crippen LogP contribution in [0.15, 0.2) is 22.4 Å². The van der Waals surface area contributed by atoms with Crippen molar-refractivity contribution in [1.82, 2.24) is 0 Å². The standard InChI is InChI=1S/C30H32N2O8/c1-11(2)19-15-7-13(5)21(27(35)23(15)17(9-31-39)25(33)29(19)37)22-14(6)8-16-20(12(3)4)30(38)26(34)18(10-32-40)24(16)28(22)36/h7-12,33-40H,1-6H3/b31-9-,32-10+. The summed E-state index contributed by atoms with van der Waals surface area (Å²) in [5, 5.41) is 92.2. The molecule has 40 heavy (non-hydrogen) atoms. The Labute approximate surface area is 230 Å². The number of nitrogens with zero attached hydrogens (tertiary/aromatic N) is 2. The number of rotatable bonds is 5. The minimum absolute atomic E-state index is 0.0878. The molecule has 0 saturated carbocycles. The zero-order chi connectivity index (χ0) is 29.8. The number of hydrogen-bond donors (Lipinski definition) is 8. The SMILES string of the molecule is Cc1cc2c(C(C)C)c(O)c(O)c(/C=N\O)c2c(O)c1-c1c(C)cc2c(C(C)C)c(O)c(O)c(/C=N/O)c2c1O. The van der Waals surface area contributed by atoms with Gasteiger partial charge in [0, 0.05) is 33.0 Å². The lowest BCUT2D eigenvalue weighted by Crippen LogP contribution is -2.01. The van der Waals surface area contributed by atoms with Crippen LogP contribution in [0.3, 0.4) is 0 Å². The highest BCUT2D eigenvalue weighted by atomic mass is 16.4. The number of aryl methyl sites for hydroxylation is 2. The lowest BCUT2D eigenvalue weighted by molar-refractivity contribution is 0.321. The average Bonchev–Trinajstić information content (AvgIpc) is 2.86. The van der Waals surface area contributed by atoms with E-state index in [0.717, 1.165) is 12.4 Å². The number of fused-ring (bicyclic) bond motifs is 2. The molecule has 0 radical (unpaired) electrons. The van der Waals surface area contributed by atoms with E-state index in [1.54, 1.807) is 26.0 Å². The third-order valence-electron chi connectivity index (χ3n) is 7.36. The highest BCUT2D eigenvalue weighted by molar-refractivity contribution is 6.14. The van der Waals surface area contributed by atoms with Crippen molar-refractivity contribution in [3.05, 3.63) is 45.5 Å². The van der Waals surface area contributed by atoms with Gasteiger partial charge in [-0.15, -0.1) is 0 Å². The van der Waals surface area contributed by atoms with E-state index in [1.165, 1.54) is 0 Å². The summed E-state index contributed by atoms with van der Waals surface area (Å²) in [7, 11) is 0. The summed E-state index contributed by atoms with van der Waals surface area (Å²) < 4.78 is 0. The van der Waals surface area contributed by atoms with E-state index in [0.29, 0.717) is 33.0 Å². The number of aromatic hydroxyl groups is 6. The van der Waals surface area contributed by atoms with Crippen LogP contribution in [-0.4, -0.2) is 53.5 Å². The number of phenolic OH excluding ortho intramolecular Hbond substituents is 6. The molecule has 0 aliphatic heterocycles. The normalized spacial score (nSPS) is 12.3. The first-order valence-electron chi connectivity index (χ1n) is 12.6. The molecule has 0 saturated heterocycles. The van der Waals surface area contributed by atoms with Crippen LogP contribution in [0.5, 0.6) is 34.5 Å². The van der Waals surface area contributed by atoms with Gasteiger partial charge in [0.25, 0.3) is 0 Å². The molecule has 10 nitrogen and oxygen atoms in total. The fraction of sp³-hybridized carbons (Fsp3) is 0.267. The van der Waals surface area contributed by atoms with Crippen molar-refractivity contribution in [1.29, 1.82) is 0 Å².